The maximum Gasteiger partial charge on any atom is 0.278 e. The van der Waals surface area contributed by atoms with Gasteiger partial charge in [-0.15, -0.1) is 0 Å². The molecular formula is C24H19Cl2N3O2. The molecule has 0 bridgehead atoms. The molecule has 0 radical (unpaired) electrons. The monoisotopic (exact) mass is 451 g/mol. The number of anilines is 1. The Morgan fingerprint density at radius 1 is 0.935 bits per heavy atom. The lowest BCUT2D eigenvalue weighted by Crippen LogP contribution is -2.32. The Kier molecular flexibility index (Phi) is 5.81. The number of rotatable bonds is 5. The Labute approximate surface area is 190 Å². The van der Waals surface area contributed by atoms with Gasteiger partial charge in [0, 0.05) is 22.5 Å². The Morgan fingerprint density at radius 3 is 2.32 bits per heavy atom. The highest BCUT2D eigenvalue weighted by molar-refractivity contribution is 6.41. The summed E-state index contributed by atoms with van der Waals surface area (Å²) in [6.45, 7) is 4.00. The third kappa shape index (κ3) is 4.33. The molecule has 0 saturated carbocycles. The number of hydrogen-bond acceptors (Lipinski definition) is 4. The van der Waals surface area contributed by atoms with Crippen LogP contribution in [-0.4, -0.2) is 21.7 Å². The molecule has 156 valence electrons. The lowest BCUT2D eigenvalue weighted by atomic mass is 10.0. The van der Waals surface area contributed by atoms with E-state index >= 15 is 0 Å². The Hall–Kier alpha value is -3.15. The van der Waals surface area contributed by atoms with Crippen LogP contribution in [0.3, 0.4) is 0 Å². The van der Waals surface area contributed by atoms with Crippen LogP contribution >= 0.6 is 23.2 Å². The molecule has 0 spiro atoms. The standard InChI is InChI=1S/C24H19Cl2N3O2/c1-14-9-15(2)11-18(10-14)28-22-21(19-7-6-16(25)12-20(19)26)23(30)29(24(22)31)13-17-5-3-4-8-27-17/h3-12,28H,13H2,1-2H3. The van der Waals surface area contributed by atoms with Crippen molar-refractivity contribution in [1.29, 1.82) is 0 Å². The molecule has 5 nitrogen and oxygen atoms in total. The van der Waals surface area contributed by atoms with Crippen molar-refractivity contribution >= 4 is 46.3 Å². The number of nitrogens with zero attached hydrogens (tertiary/aromatic N) is 2. The van der Waals surface area contributed by atoms with Crippen LogP contribution in [0.5, 0.6) is 0 Å². The Balaban J connectivity index is 1.80. The van der Waals surface area contributed by atoms with Crippen molar-refractivity contribution in [3.05, 3.63) is 98.9 Å². The summed E-state index contributed by atoms with van der Waals surface area (Å²) in [5, 5.41) is 3.90. The normalized spacial score (nSPS) is 13.9. The second-order valence-electron chi connectivity index (χ2n) is 7.39. The fourth-order valence-corrected chi connectivity index (χ4v) is 4.13. The molecule has 7 heteroatoms. The number of nitrogens with one attached hydrogen (secondary N) is 1. The molecule has 1 aliphatic rings. The predicted octanol–water partition coefficient (Wildman–Crippen LogP) is 5.40. The van der Waals surface area contributed by atoms with Crippen molar-refractivity contribution in [2.24, 2.45) is 0 Å². The molecule has 0 saturated heterocycles. The highest BCUT2D eigenvalue weighted by Gasteiger charge is 2.40. The molecule has 0 fully saturated rings. The molecule has 1 aliphatic heterocycles. The molecular weight excluding hydrogens is 433 g/mol. The molecule has 31 heavy (non-hydrogen) atoms. The van der Waals surface area contributed by atoms with Gasteiger partial charge in [-0.3, -0.25) is 19.5 Å². The lowest BCUT2D eigenvalue weighted by molar-refractivity contribution is -0.137. The first kappa shape index (κ1) is 21.1. The molecule has 0 atom stereocenters. The zero-order valence-corrected chi connectivity index (χ0v) is 18.5. The van der Waals surface area contributed by atoms with Crippen molar-refractivity contribution in [3.8, 4) is 0 Å². The number of aryl methyl sites for hydroxylation is 2. The molecule has 3 aromatic rings. The van der Waals surface area contributed by atoms with Gasteiger partial charge in [-0.1, -0.05) is 41.4 Å². The maximum absolute atomic E-state index is 13.4. The first-order valence-corrected chi connectivity index (χ1v) is 10.4. The van der Waals surface area contributed by atoms with Crippen molar-refractivity contribution in [1.82, 2.24) is 9.88 Å². The van der Waals surface area contributed by atoms with Crippen molar-refractivity contribution in [2.45, 2.75) is 20.4 Å². The minimum absolute atomic E-state index is 0.0608. The maximum atomic E-state index is 13.4. The first-order valence-electron chi connectivity index (χ1n) is 9.64. The minimum atomic E-state index is -0.438. The van der Waals surface area contributed by atoms with E-state index in [0.29, 0.717) is 21.3 Å². The topological polar surface area (TPSA) is 62.3 Å². The summed E-state index contributed by atoms with van der Waals surface area (Å²) in [6.07, 6.45) is 1.62. The summed E-state index contributed by atoms with van der Waals surface area (Å²) < 4.78 is 0. The van der Waals surface area contributed by atoms with E-state index in [4.69, 9.17) is 23.2 Å². The number of pyridine rings is 1. The van der Waals surface area contributed by atoms with Crippen molar-refractivity contribution < 1.29 is 9.59 Å². The van der Waals surface area contributed by atoms with E-state index in [1.807, 2.05) is 38.1 Å². The van der Waals surface area contributed by atoms with E-state index in [0.717, 1.165) is 16.8 Å². The molecule has 4 rings (SSSR count). The summed E-state index contributed by atoms with van der Waals surface area (Å²) in [5.74, 6) is -0.873. The number of carbonyl (C=O) groups is 2. The number of aromatic nitrogens is 1. The van der Waals surface area contributed by atoms with Gasteiger partial charge in [0.05, 0.1) is 22.8 Å². The number of halogens is 2. The van der Waals surface area contributed by atoms with Crippen LogP contribution in [0, 0.1) is 13.8 Å². The first-order chi connectivity index (χ1) is 14.8. The van der Waals surface area contributed by atoms with Crippen LogP contribution < -0.4 is 5.32 Å². The van der Waals surface area contributed by atoms with E-state index < -0.39 is 11.8 Å². The molecule has 0 unspecified atom stereocenters. The Morgan fingerprint density at radius 2 is 1.68 bits per heavy atom. The van der Waals surface area contributed by atoms with E-state index in [-0.39, 0.29) is 17.8 Å². The third-order valence-corrected chi connectivity index (χ3v) is 5.45. The number of carbonyl (C=O) groups excluding carboxylic acids is 2. The second-order valence-corrected chi connectivity index (χ2v) is 8.24. The Bertz CT molecular complexity index is 1200. The second kappa shape index (κ2) is 8.53. The zero-order valence-electron chi connectivity index (χ0n) is 16.9. The largest absolute Gasteiger partial charge is 0.350 e. The van der Waals surface area contributed by atoms with Gasteiger partial charge in [-0.25, -0.2) is 0 Å². The SMILES string of the molecule is Cc1cc(C)cc(NC2=C(c3ccc(Cl)cc3Cl)C(=O)N(Cc3ccccn3)C2=O)c1. The van der Waals surface area contributed by atoms with Crippen LogP contribution in [0.2, 0.25) is 10.0 Å². The van der Waals surface area contributed by atoms with Gasteiger partial charge in [-0.05, 0) is 61.4 Å². The average Bonchev–Trinajstić information content (AvgIpc) is 2.93. The molecule has 2 heterocycles. The van der Waals surface area contributed by atoms with E-state index in [1.54, 1.807) is 36.5 Å². The van der Waals surface area contributed by atoms with Gasteiger partial charge in [0.2, 0.25) is 0 Å². The number of hydrogen-bond donors (Lipinski definition) is 1. The number of imide groups is 1. The molecule has 2 amide bonds. The van der Waals surface area contributed by atoms with Crippen molar-refractivity contribution in [2.75, 3.05) is 5.32 Å². The van der Waals surface area contributed by atoms with Gasteiger partial charge in [0.25, 0.3) is 11.8 Å². The summed E-state index contributed by atoms with van der Waals surface area (Å²) >= 11 is 12.4. The summed E-state index contributed by atoms with van der Waals surface area (Å²) in [6, 6.07) is 16.1. The fourth-order valence-electron chi connectivity index (χ4n) is 3.62. The zero-order chi connectivity index (χ0) is 22.1. The number of benzene rings is 2. The van der Waals surface area contributed by atoms with Crippen LogP contribution in [0.15, 0.2) is 66.5 Å². The number of amides is 2. The molecule has 1 N–H and O–H groups in total. The summed E-state index contributed by atoms with van der Waals surface area (Å²) in [7, 11) is 0. The summed E-state index contributed by atoms with van der Waals surface area (Å²) in [4.78, 5) is 32.1. The third-order valence-electron chi connectivity index (χ3n) is 4.91. The van der Waals surface area contributed by atoms with Gasteiger partial charge in [-0.2, -0.15) is 0 Å². The lowest BCUT2D eigenvalue weighted by Gasteiger charge is -2.15. The van der Waals surface area contributed by atoms with Crippen LogP contribution in [0.1, 0.15) is 22.4 Å². The van der Waals surface area contributed by atoms with Gasteiger partial charge < -0.3 is 5.32 Å². The molecule has 0 aliphatic carbocycles. The van der Waals surface area contributed by atoms with Crippen molar-refractivity contribution in [3.63, 3.8) is 0 Å². The van der Waals surface area contributed by atoms with Crippen LogP contribution in [0.4, 0.5) is 5.69 Å². The average molecular weight is 452 g/mol. The van der Waals surface area contributed by atoms with Crippen LogP contribution in [-0.2, 0) is 16.1 Å². The molecule has 2 aromatic carbocycles. The minimum Gasteiger partial charge on any atom is -0.350 e. The predicted molar refractivity (Wildman–Crippen MR) is 123 cm³/mol. The van der Waals surface area contributed by atoms with Gasteiger partial charge >= 0.3 is 0 Å². The fraction of sp³-hybridized carbons (Fsp3) is 0.125. The van der Waals surface area contributed by atoms with Crippen LogP contribution in [0.25, 0.3) is 5.57 Å². The van der Waals surface area contributed by atoms with Gasteiger partial charge in [0.1, 0.15) is 5.70 Å². The van der Waals surface area contributed by atoms with E-state index in [2.05, 4.69) is 10.3 Å². The highest BCUT2D eigenvalue weighted by atomic mass is 35.5. The van der Waals surface area contributed by atoms with E-state index in [9.17, 15) is 9.59 Å². The van der Waals surface area contributed by atoms with Gasteiger partial charge in [0.15, 0.2) is 0 Å². The quantitative estimate of drug-likeness (QED) is 0.527. The molecule has 1 aromatic heterocycles. The summed E-state index contributed by atoms with van der Waals surface area (Å²) in [5.41, 5.74) is 4.23. The smallest absolute Gasteiger partial charge is 0.278 e. The van der Waals surface area contributed by atoms with E-state index in [1.165, 1.54) is 4.90 Å². The highest BCUT2D eigenvalue weighted by Crippen LogP contribution is 2.36.